The molecule has 160 valence electrons. The van der Waals surface area contributed by atoms with E-state index in [1.54, 1.807) is 18.3 Å². The van der Waals surface area contributed by atoms with E-state index in [2.05, 4.69) is 11.9 Å². The van der Waals surface area contributed by atoms with E-state index in [0.29, 0.717) is 43.2 Å². The van der Waals surface area contributed by atoms with Gasteiger partial charge in [-0.1, -0.05) is 6.92 Å². The van der Waals surface area contributed by atoms with Gasteiger partial charge in [0.15, 0.2) is 0 Å². The van der Waals surface area contributed by atoms with Crippen molar-refractivity contribution in [3.05, 3.63) is 23.9 Å². The van der Waals surface area contributed by atoms with Gasteiger partial charge in [-0.3, -0.25) is 9.59 Å². The zero-order valence-electron chi connectivity index (χ0n) is 16.5. The Kier molecular flexibility index (Phi) is 6.64. The van der Waals surface area contributed by atoms with Crippen LogP contribution in [0.1, 0.15) is 43.0 Å². The van der Waals surface area contributed by atoms with Gasteiger partial charge in [-0.15, -0.1) is 0 Å². The number of piperidine rings is 2. The summed E-state index contributed by atoms with van der Waals surface area (Å²) in [4.78, 5) is 32.8. The number of pyridine rings is 1. The highest BCUT2D eigenvalue weighted by Gasteiger charge is 2.31. The molecular weight excluding hydrogens is 385 g/mol. The van der Waals surface area contributed by atoms with Crippen LogP contribution in [0.25, 0.3) is 0 Å². The van der Waals surface area contributed by atoms with Gasteiger partial charge in [0.05, 0.1) is 11.5 Å². The molecular formula is C20H27F3N4O2. The minimum absolute atomic E-state index is 0.0287. The van der Waals surface area contributed by atoms with E-state index in [9.17, 15) is 22.8 Å². The highest BCUT2D eigenvalue weighted by Crippen LogP contribution is 2.23. The molecule has 1 aromatic rings. The third kappa shape index (κ3) is 5.83. The Morgan fingerprint density at radius 1 is 1.17 bits per heavy atom. The molecule has 2 amide bonds. The molecule has 1 unspecified atom stereocenters. The van der Waals surface area contributed by atoms with Crippen LogP contribution in [0.4, 0.5) is 19.0 Å². The van der Waals surface area contributed by atoms with Gasteiger partial charge in [-0.2, -0.15) is 13.2 Å². The molecule has 29 heavy (non-hydrogen) atoms. The number of aromatic nitrogens is 1. The maximum Gasteiger partial charge on any atom is 0.405 e. The summed E-state index contributed by atoms with van der Waals surface area (Å²) in [7, 11) is 0. The molecule has 0 spiro atoms. The maximum atomic E-state index is 12.6. The summed E-state index contributed by atoms with van der Waals surface area (Å²) >= 11 is 0. The standard InChI is InChI=1S/C20H27F3N4O2/c1-14-6-9-26(10-7-14)19(29)15-4-5-17(24-11-15)27-8-2-3-16(12-27)18(28)25-13-20(21,22)23/h4-5,11,14,16H,2-3,6-10,12-13H2,1H3,(H,25,28). The molecule has 1 atom stereocenters. The molecule has 0 aromatic carbocycles. The van der Waals surface area contributed by atoms with Gasteiger partial charge in [0.2, 0.25) is 5.91 Å². The van der Waals surface area contributed by atoms with E-state index in [1.807, 2.05) is 15.1 Å². The zero-order chi connectivity index (χ0) is 21.0. The molecule has 1 N–H and O–H groups in total. The van der Waals surface area contributed by atoms with E-state index < -0.39 is 24.5 Å². The number of anilines is 1. The largest absolute Gasteiger partial charge is 0.405 e. The molecule has 2 aliphatic heterocycles. The minimum atomic E-state index is -4.42. The van der Waals surface area contributed by atoms with Gasteiger partial charge in [0, 0.05) is 32.4 Å². The van der Waals surface area contributed by atoms with Crippen molar-refractivity contribution in [2.45, 2.75) is 38.8 Å². The first-order chi connectivity index (χ1) is 13.7. The predicted molar refractivity (Wildman–Crippen MR) is 103 cm³/mol. The number of amides is 2. The molecule has 0 bridgehead atoms. The first-order valence-electron chi connectivity index (χ1n) is 10.1. The summed E-state index contributed by atoms with van der Waals surface area (Å²) in [6, 6.07) is 3.48. The van der Waals surface area contributed by atoms with Gasteiger partial charge < -0.3 is 15.1 Å². The van der Waals surface area contributed by atoms with E-state index >= 15 is 0 Å². The Bertz CT molecular complexity index is 715. The number of likely N-dealkylation sites (tertiary alicyclic amines) is 1. The van der Waals surface area contributed by atoms with Crippen LogP contribution < -0.4 is 10.2 Å². The van der Waals surface area contributed by atoms with Crippen LogP contribution in [0.5, 0.6) is 0 Å². The van der Waals surface area contributed by atoms with E-state index in [-0.39, 0.29) is 5.91 Å². The average Bonchev–Trinajstić information content (AvgIpc) is 2.72. The van der Waals surface area contributed by atoms with Crippen LogP contribution >= 0.6 is 0 Å². The normalized spacial score (nSPS) is 21.2. The zero-order valence-corrected chi connectivity index (χ0v) is 16.5. The summed E-state index contributed by atoms with van der Waals surface area (Å²) in [5.41, 5.74) is 0.528. The first kappa shape index (κ1) is 21.4. The third-order valence-electron chi connectivity index (χ3n) is 5.64. The maximum absolute atomic E-state index is 12.6. The molecule has 2 fully saturated rings. The second-order valence-electron chi connectivity index (χ2n) is 8.00. The number of hydrogen-bond acceptors (Lipinski definition) is 4. The van der Waals surface area contributed by atoms with Crippen molar-refractivity contribution in [3.63, 3.8) is 0 Å². The Labute approximate surface area is 168 Å². The lowest BCUT2D eigenvalue weighted by Crippen LogP contribution is -2.45. The lowest BCUT2D eigenvalue weighted by atomic mass is 9.97. The molecule has 0 saturated carbocycles. The fourth-order valence-corrected chi connectivity index (χ4v) is 3.82. The van der Waals surface area contributed by atoms with Gasteiger partial charge in [0.25, 0.3) is 5.91 Å². The average molecular weight is 412 g/mol. The molecule has 0 aliphatic carbocycles. The summed E-state index contributed by atoms with van der Waals surface area (Å²) < 4.78 is 36.9. The van der Waals surface area contributed by atoms with Gasteiger partial charge in [-0.05, 0) is 43.7 Å². The van der Waals surface area contributed by atoms with Crippen molar-refractivity contribution >= 4 is 17.6 Å². The molecule has 3 rings (SSSR count). The summed E-state index contributed by atoms with van der Waals surface area (Å²) in [6.45, 7) is 3.37. The van der Waals surface area contributed by atoms with Crippen LogP contribution in [-0.2, 0) is 4.79 Å². The third-order valence-corrected chi connectivity index (χ3v) is 5.64. The van der Waals surface area contributed by atoms with Crippen LogP contribution in [0.2, 0.25) is 0 Å². The fourth-order valence-electron chi connectivity index (χ4n) is 3.82. The monoisotopic (exact) mass is 412 g/mol. The Balaban J connectivity index is 1.57. The Morgan fingerprint density at radius 3 is 2.52 bits per heavy atom. The topological polar surface area (TPSA) is 65.5 Å². The lowest BCUT2D eigenvalue weighted by Gasteiger charge is -2.33. The number of hydrogen-bond donors (Lipinski definition) is 1. The van der Waals surface area contributed by atoms with E-state index in [0.717, 1.165) is 25.9 Å². The highest BCUT2D eigenvalue weighted by molar-refractivity contribution is 5.94. The molecule has 1 aromatic heterocycles. The van der Waals surface area contributed by atoms with Crippen LogP contribution in [0.3, 0.4) is 0 Å². The van der Waals surface area contributed by atoms with Crippen molar-refractivity contribution in [2.75, 3.05) is 37.6 Å². The van der Waals surface area contributed by atoms with Crippen molar-refractivity contribution in [3.8, 4) is 0 Å². The SMILES string of the molecule is CC1CCN(C(=O)c2ccc(N3CCCC(C(=O)NCC(F)(F)F)C3)nc2)CC1. The molecule has 6 nitrogen and oxygen atoms in total. The molecule has 2 aliphatic rings. The summed E-state index contributed by atoms with van der Waals surface area (Å²) in [5.74, 6) is 0.142. The van der Waals surface area contributed by atoms with Crippen molar-refractivity contribution in [1.29, 1.82) is 0 Å². The Morgan fingerprint density at radius 2 is 1.90 bits per heavy atom. The summed E-state index contributed by atoms with van der Waals surface area (Å²) in [5, 5.41) is 1.97. The second-order valence-corrected chi connectivity index (χ2v) is 8.00. The minimum Gasteiger partial charge on any atom is -0.356 e. The second kappa shape index (κ2) is 9.00. The van der Waals surface area contributed by atoms with Gasteiger partial charge >= 0.3 is 6.18 Å². The molecule has 0 radical (unpaired) electrons. The highest BCUT2D eigenvalue weighted by atomic mass is 19.4. The number of nitrogens with zero attached hydrogens (tertiary/aromatic N) is 3. The number of rotatable bonds is 4. The van der Waals surface area contributed by atoms with Crippen molar-refractivity contribution < 1.29 is 22.8 Å². The quantitative estimate of drug-likeness (QED) is 0.826. The number of halogens is 3. The molecule has 2 saturated heterocycles. The number of nitrogens with one attached hydrogen (secondary N) is 1. The van der Waals surface area contributed by atoms with E-state index in [1.165, 1.54) is 0 Å². The van der Waals surface area contributed by atoms with Crippen LogP contribution in [-0.4, -0.2) is 60.6 Å². The number of alkyl halides is 3. The van der Waals surface area contributed by atoms with Gasteiger partial charge in [-0.25, -0.2) is 4.98 Å². The first-order valence-corrected chi connectivity index (χ1v) is 10.1. The van der Waals surface area contributed by atoms with Crippen LogP contribution in [0.15, 0.2) is 18.3 Å². The lowest BCUT2D eigenvalue weighted by molar-refractivity contribution is -0.140. The summed E-state index contributed by atoms with van der Waals surface area (Å²) in [6.07, 6.45) is 0.373. The van der Waals surface area contributed by atoms with Crippen LogP contribution in [0, 0.1) is 11.8 Å². The molecule has 9 heteroatoms. The fraction of sp³-hybridized carbons (Fsp3) is 0.650. The number of carbonyl (C=O) groups is 2. The van der Waals surface area contributed by atoms with Crippen molar-refractivity contribution in [2.24, 2.45) is 11.8 Å². The predicted octanol–water partition coefficient (Wildman–Crippen LogP) is 2.85. The van der Waals surface area contributed by atoms with E-state index in [4.69, 9.17) is 0 Å². The number of carbonyl (C=O) groups excluding carboxylic acids is 2. The molecule has 3 heterocycles. The van der Waals surface area contributed by atoms with Gasteiger partial charge in [0.1, 0.15) is 12.4 Å². The smallest absolute Gasteiger partial charge is 0.356 e. The van der Waals surface area contributed by atoms with Crippen molar-refractivity contribution in [1.82, 2.24) is 15.2 Å². The Hall–Kier alpha value is -2.32.